The molecule has 0 saturated carbocycles. The molecule has 0 spiro atoms. The Morgan fingerprint density at radius 2 is 2.20 bits per heavy atom. The lowest BCUT2D eigenvalue weighted by Crippen LogP contribution is -2.01. The lowest BCUT2D eigenvalue weighted by molar-refractivity contribution is 0.104. The second-order valence-corrected chi connectivity index (χ2v) is 5.59. The predicted octanol–water partition coefficient (Wildman–Crippen LogP) is 3.45. The molecule has 0 atom stereocenters. The van der Waals surface area contributed by atoms with Crippen molar-refractivity contribution in [3.63, 3.8) is 0 Å². The van der Waals surface area contributed by atoms with E-state index in [1.54, 1.807) is 12.4 Å². The highest BCUT2D eigenvalue weighted by Gasteiger charge is 2.13. The monoisotopic (exact) mass is 281 g/mol. The Labute approximate surface area is 100 Å². The molecule has 0 bridgehead atoms. The molecule has 2 rings (SSSR count). The maximum Gasteiger partial charge on any atom is 0.204 e. The van der Waals surface area contributed by atoms with Crippen molar-refractivity contribution in [2.24, 2.45) is 0 Å². The number of hydrogen-bond acceptors (Lipinski definition) is 3. The van der Waals surface area contributed by atoms with Crippen molar-refractivity contribution in [2.75, 3.05) is 0 Å². The highest BCUT2D eigenvalue weighted by molar-refractivity contribution is 9.11. The van der Waals surface area contributed by atoms with Gasteiger partial charge < -0.3 is 0 Å². The Morgan fingerprint density at radius 1 is 1.40 bits per heavy atom. The number of aromatic nitrogens is 1. The zero-order valence-corrected chi connectivity index (χ0v) is 10.4. The fourth-order valence-electron chi connectivity index (χ4n) is 1.27. The minimum Gasteiger partial charge on any atom is -0.288 e. The van der Waals surface area contributed by atoms with Gasteiger partial charge in [-0.2, -0.15) is 0 Å². The number of pyridine rings is 1. The molecular weight excluding hydrogens is 274 g/mol. The van der Waals surface area contributed by atoms with Crippen molar-refractivity contribution in [2.45, 2.75) is 6.92 Å². The van der Waals surface area contributed by atoms with E-state index >= 15 is 0 Å². The zero-order valence-electron chi connectivity index (χ0n) is 8.03. The number of rotatable bonds is 2. The van der Waals surface area contributed by atoms with Crippen molar-refractivity contribution in [1.82, 2.24) is 4.98 Å². The van der Waals surface area contributed by atoms with Crippen LogP contribution in [0.3, 0.4) is 0 Å². The van der Waals surface area contributed by atoms with Crippen LogP contribution in [0.1, 0.15) is 20.8 Å². The van der Waals surface area contributed by atoms with Gasteiger partial charge in [0.25, 0.3) is 0 Å². The second-order valence-electron chi connectivity index (χ2n) is 3.12. The third-order valence-corrected chi connectivity index (χ3v) is 3.70. The average Bonchev–Trinajstić information content (AvgIpc) is 2.65. The first-order valence-corrected chi connectivity index (χ1v) is 6.00. The van der Waals surface area contributed by atoms with Crippen molar-refractivity contribution in [3.05, 3.63) is 50.4 Å². The largest absolute Gasteiger partial charge is 0.288 e. The number of carbonyl (C=O) groups is 1. The standard InChI is InChI=1S/C11H8BrNOS/c1-7-4-5-13-6-8(7)11(14)9-2-3-10(12)15-9/h2-6H,1H3. The van der Waals surface area contributed by atoms with Crippen molar-refractivity contribution >= 4 is 33.0 Å². The zero-order chi connectivity index (χ0) is 10.8. The van der Waals surface area contributed by atoms with Gasteiger partial charge in [0.2, 0.25) is 5.78 Å². The number of hydrogen-bond donors (Lipinski definition) is 0. The first kappa shape index (κ1) is 10.5. The van der Waals surface area contributed by atoms with Crippen LogP contribution in [0.15, 0.2) is 34.4 Å². The van der Waals surface area contributed by atoms with Crippen molar-refractivity contribution in [3.8, 4) is 0 Å². The molecule has 0 aliphatic heterocycles. The molecule has 0 amide bonds. The number of aryl methyl sites for hydroxylation is 1. The van der Waals surface area contributed by atoms with E-state index in [-0.39, 0.29) is 5.78 Å². The first-order chi connectivity index (χ1) is 7.18. The third kappa shape index (κ3) is 2.16. The molecule has 2 aromatic heterocycles. The SMILES string of the molecule is Cc1ccncc1C(=O)c1ccc(Br)s1. The Hall–Kier alpha value is -1.000. The summed E-state index contributed by atoms with van der Waals surface area (Å²) in [5.41, 5.74) is 1.63. The molecule has 0 fully saturated rings. The van der Waals surface area contributed by atoms with Gasteiger partial charge in [-0.25, -0.2) is 0 Å². The van der Waals surface area contributed by atoms with Crippen LogP contribution in [0.25, 0.3) is 0 Å². The summed E-state index contributed by atoms with van der Waals surface area (Å²) in [5, 5.41) is 0. The fraction of sp³-hybridized carbons (Fsp3) is 0.0909. The Bertz CT molecular complexity index is 507. The maximum atomic E-state index is 12.0. The van der Waals surface area contributed by atoms with Crippen LogP contribution in [0, 0.1) is 6.92 Å². The molecule has 2 nitrogen and oxygen atoms in total. The molecule has 0 aliphatic rings. The van der Waals surface area contributed by atoms with Crippen LogP contribution < -0.4 is 0 Å². The molecule has 15 heavy (non-hydrogen) atoms. The first-order valence-electron chi connectivity index (χ1n) is 4.39. The van der Waals surface area contributed by atoms with Crippen LogP contribution in [0.5, 0.6) is 0 Å². The van der Waals surface area contributed by atoms with Crippen LogP contribution in [-0.4, -0.2) is 10.8 Å². The Balaban J connectivity index is 2.41. The van der Waals surface area contributed by atoms with Crippen molar-refractivity contribution in [1.29, 1.82) is 0 Å². The van der Waals surface area contributed by atoms with Gasteiger partial charge in [0, 0.05) is 18.0 Å². The molecule has 0 N–H and O–H groups in total. The molecule has 0 radical (unpaired) electrons. The van der Waals surface area contributed by atoms with E-state index in [0.29, 0.717) is 5.56 Å². The minimum atomic E-state index is 0.0382. The van der Waals surface area contributed by atoms with E-state index in [0.717, 1.165) is 14.2 Å². The number of halogens is 1. The summed E-state index contributed by atoms with van der Waals surface area (Å²) < 4.78 is 0.965. The smallest absolute Gasteiger partial charge is 0.204 e. The molecule has 0 unspecified atom stereocenters. The van der Waals surface area contributed by atoms with Crippen LogP contribution in [0.2, 0.25) is 0 Å². The van der Waals surface area contributed by atoms with E-state index in [4.69, 9.17) is 0 Å². The van der Waals surface area contributed by atoms with Crippen LogP contribution in [0.4, 0.5) is 0 Å². The van der Waals surface area contributed by atoms with E-state index in [9.17, 15) is 4.79 Å². The highest BCUT2D eigenvalue weighted by atomic mass is 79.9. The molecule has 0 saturated heterocycles. The lowest BCUT2D eigenvalue weighted by atomic mass is 10.1. The quantitative estimate of drug-likeness (QED) is 0.790. The summed E-state index contributed by atoms with van der Waals surface area (Å²) in [6.07, 6.45) is 3.31. The van der Waals surface area contributed by atoms with Gasteiger partial charge in [0.05, 0.1) is 8.66 Å². The van der Waals surface area contributed by atoms with Gasteiger partial charge in [-0.1, -0.05) is 0 Å². The summed E-state index contributed by atoms with van der Waals surface area (Å²) in [5.74, 6) is 0.0382. The van der Waals surface area contributed by atoms with Crippen LogP contribution >= 0.6 is 27.3 Å². The molecular formula is C11H8BrNOS. The van der Waals surface area contributed by atoms with E-state index < -0.39 is 0 Å². The third-order valence-electron chi connectivity index (χ3n) is 2.08. The number of nitrogens with zero attached hydrogens (tertiary/aromatic N) is 1. The second kappa shape index (κ2) is 4.24. The van der Waals surface area contributed by atoms with Gasteiger partial charge >= 0.3 is 0 Å². The molecule has 2 heterocycles. The number of carbonyl (C=O) groups excluding carboxylic acids is 1. The summed E-state index contributed by atoms with van der Waals surface area (Å²) in [4.78, 5) is 16.7. The van der Waals surface area contributed by atoms with Gasteiger partial charge in [-0.3, -0.25) is 9.78 Å². The van der Waals surface area contributed by atoms with Crippen molar-refractivity contribution < 1.29 is 4.79 Å². The Kier molecular flexibility index (Phi) is 2.98. The molecule has 0 aliphatic carbocycles. The van der Waals surface area contributed by atoms with Gasteiger partial charge in [-0.15, -0.1) is 11.3 Å². The number of ketones is 1. The van der Waals surface area contributed by atoms with E-state index in [2.05, 4.69) is 20.9 Å². The fourth-order valence-corrected chi connectivity index (χ4v) is 2.61. The van der Waals surface area contributed by atoms with E-state index in [1.807, 2.05) is 25.1 Å². The lowest BCUT2D eigenvalue weighted by Gasteiger charge is -2.00. The average molecular weight is 282 g/mol. The summed E-state index contributed by atoms with van der Waals surface area (Å²) >= 11 is 4.78. The summed E-state index contributed by atoms with van der Waals surface area (Å²) in [7, 11) is 0. The topological polar surface area (TPSA) is 30.0 Å². The van der Waals surface area contributed by atoms with E-state index in [1.165, 1.54) is 11.3 Å². The van der Waals surface area contributed by atoms with Gasteiger partial charge in [-0.05, 0) is 46.6 Å². The highest BCUT2D eigenvalue weighted by Crippen LogP contribution is 2.24. The molecule has 2 aromatic rings. The van der Waals surface area contributed by atoms with Crippen LogP contribution in [-0.2, 0) is 0 Å². The minimum absolute atomic E-state index is 0.0382. The molecule has 76 valence electrons. The number of thiophene rings is 1. The maximum absolute atomic E-state index is 12.0. The van der Waals surface area contributed by atoms with Gasteiger partial charge in [0.15, 0.2) is 0 Å². The Morgan fingerprint density at radius 3 is 2.80 bits per heavy atom. The summed E-state index contributed by atoms with van der Waals surface area (Å²) in [6.45, 7) is 1.91. The summed E-state index contributed by atoms with van der Waals surface area (Å²) in [6, 6.07) is 5.54. The predicted molar refractivity (Wildman–Crippen MR) is 64.4 cm³/mol. The van der Waals surface area contributed by atoms with Gasteiger partial charge in [0.1, 0.15) is 0 Å². The molecule has 4 heteroatoms. The molecule has 0 aromatic carbocycles. The normalized spacial score (nSPS) is 10.3.